The van der Waals surface area contributed by atoms with E-state index >= 15 is 0 Å². The molecule has 0 amide bonds. The zero-order valence-corrected chi connectivity index (χ0v) is 10.6. The van der Waals surface area contributed by atoms with Crippen LogP contribution in [-0.4, -0.2) is 25.9 Å². The molecule has 0 aliphatic heterocycles. The number of carbonyl (C=O) groups excluding carboxylic acids is 1. The quantitative estimate of drug-likeness (QED) is 0.606. The summed E-state index contributed by atoms with van der Waals surface area (Å²) in [5.41, 5.74) is 2.84. The van der Waals surface area contributed by atoms with Crippen LogP contribution in [-0.2, 0) is 16.1 Å². The number of hydrogen-bond donors (Lipinski definition) is 0. The van der Waals surface area contributed by atoms with E-state index in [1.807, 2.05) is 12.1 Å². The molecule has 0 fully saturated rings. The van der Waals surface area contributed by atoms with Gasteiger partial charge in [-0.1, -0.05) is 5.16 Å². The SMILES string of the molecule is COc1cc2c(cc1OC)/C(=N/OC(C)=O)CC2. The molecule has 5 heteroatoms. The summed E-state index contributed by atoms with van der Waals surface area (Å²) in [5.74, 6) is 0.926. The number of carbonyl (C=O) groups is 1. The molecule has 0 bridgehead atoms. The summed E-state index contributed by atoms with van der Waals surface area (Å²) in [6.45, 7) is 1.33. The number of fused-ring (bicyclic) bond motifs is 1. The van der Waals surface area contributed by atoms with Gasteiger partial charge in [-0.15, -0.1) is 0 Å². The van der Waals surface area contributed by atoms with Crippen molar-refractivity contribution in [2.45, 2.75) is 19.8 Å². The fourth-order valence-corrected chi connectivity index (χ4v) is 2.00. The molecule has 0 unspecified atom stereocenters. The minimum Gasteiger partial charge on any atom is -0.493 e. The van der Waals surface area contributed by atoms with Gasteiger partial charge in [-0.3, -0.25) is 0 Å². The van der Waals surface area contributed by atoms with Gasteiger partial charge in [0.1, 0.15) is 0 Å². The first kappa shape index (κ1) is 12.4. The molecule has 2 rings (SSSR count). The zero-order valence-electron chi connectivity index (χ0n) is 10.6. The van der Waals surface area contributed by atoms with Crippen LogP contribution in [0.3, 0.4) is 0 Å². The van der Waals surface area contributed by atoms with E-state index in [0.29, 0.717) is 11.5 Å². The number of ether oxygens (including phenoxy) is 2. The summed E-state index contributed by atoms with van der Waals surface area (Å²) in [7, 11) is 3.19. The Kier molecular flexibility index (Phi) is 3.50. The van der Waals surface area contributed by atoms with Crippen molar-refractivity contribution >= 4 is 11.7 Å². The maximum absolute atomic E-state index is 10.8. The molecule has 0 heterocycles. The number of rotatable bonds is 3. The van der Waals surface area contributed by atoms with E-state index in [1.165, 1.54) is 6.92 Å². The van der Waals surface area contributed by atoms with E-state index in [9.17, 15) is 4.79 Å². The first-order valence-electron chi connectivity index (χ1n) is 5.65. The molecule has 96 valence electrons. The van der Waals surface area contributed by atoms with Crippen LogP contribution in [0.5, 0.6) is 11.5 Å². The van der Waals surface area contributed by atoms with Crippen LogP contribution in [0.15, 0.2) is 17.3 Å². The van der Waals surface area contributed by atoms with E-state index in [0.717, 1.165) is 29.7 Å². The molecule has 1 aliphatic rings. The molecule has 1 aromatic carbocycles. The van der Waals surface area contributed by atoms with Crippen LogP contribution in [0.25, 0.3) is 0 Å². The summed E-state index contributed by atoms with van der Waals surface area (Å²) in [5, 5.41) is 3.87. The van der Waals surface area contributed by atoms with Crippen molar-refractivity contribution in [1.29, 1.82) is 0 Å². The van der Waals surface area contributed by atoms with Crippen molar-refractivity contribution in [1.82, 2.24) is 0 Å². The highest BCUT2D eigenvalue weighted by Crippen LogP contribution is 2.35. The van der Waals surface area contributed by atoms with Crippen molar-refractivity contribution in [3.8, 4) is 11.5 Å². The molecular weight excluding hydrogens is 234 g/mol. The van der Waals surface area contributed by atoms with Crippen molar-refractivity contribution in [3.63, 3.8) is 0 Å². The zero-order chi connectivity index (χ0) is 13.1. The minimum absolute atomic E-state index is 0.420. The van der Waals surface area contributed by atoms with E-state index in [4.69, 9.17) is 9.47 Å². The summed E-state index contributed by atoms with van der Waals surface area (Å²) >= 11 is 0. The van der Waals surface area contributed by atoms with Gasteiger partial charge in [0.2, 0.25) is 0 Å². The van der Waals surface area contributed by atoms with Gasteiger partial charge in [0.15, 0.2) is 11.5 Å². The van der Waals surface area contributed by atoms with E-state index < -0.39 is 5.97 Å². The molecular formula is C13H15NO4. The highest BCUT2D eigenvalue weighted by molar-refractivity contribution is 6.05. The summed E-state index contributed by atoms with van der Waals surface area (Å²) < 4.78 is 10.5. The normalized spacial score (nSPS) is 15.4. The minimum atomic E-state index is -0.420. The Hall–Kier alpha value is -2.04. The van der Waals surface area contributed by atoms with Gasteiger partial charge in [0.05, 0.1) is 19.9 Å². The largest absolute Gasteiger partial charge is 0.493 e. The third-order valence-corrected chi connectivity index (χ3v) is 2.84. The summed E-state index contributed by atoms with van der Waals surface area (Å²) in [6.07, 6.45) is 1.61. The second-order valence-electron chi connectivity index (χ2n) is 3.99. The summed E-state index contributed by atoms with van der Waals surface area (Å²) in [4.78, 5) is 15.5. The maximum atomic E-state index is 10.8. The first-order valence-corrected chi connectivity index (χ1v) is 5.65. The van der Waals surface area contributed by atoms with Crippen molar-refractivity contribution in [3.05, 3.63) is 23.3 Å². The molecule has 1 aromatic rings. The van der Waals surface area contributed by atoms with Gasteiger partial charge < -0.3 is 14.3 Å². The highest BCUT2D eigenvalue weighted by Gasteiger charge is 2.22. The number of aryl methyl sites for hydroxylation is 1. The number of hydrogen-bond acceptors (Lipinski definition) is 5. The standard InChI is InChI=1S/C13H15NO4/c1-8(15)18-14-11-5-4-9-6-12(16-2)13(17-3)7-10(9)11/h6-7H,4-5H2,1-3H3/b14-11+. The molecule has 0 radical (unpaired) electrons. The van der Waals surface area contributed by atoms with E-state index in [2.05, 4.69) is 9.99 Å². The molecule has 0 saturated heterocycles. The lowest BCUT2D eigenvalue weighted by molar-refractivity contribution is -0.140. The van der Waals surface area contributed by atoms with Gasteiger partial charge in [-0.2, -0.15) is 0 Å². The molecule has 0 spiro atoms. The van der Waals surface area contributed by atoms with Crippen LogP contribution in [0, 0.1) is 0 Å². The molecule has 0 saturated carbocycles. The van der Waals surface area contributed by atoms with Gasteiger partial charge in [-0.25, -0.2) is 4.79 Å². The average molecular weight is 249 g/mol. The fourth-order valence-electron chi connectivity index (χ4n) is 2.00. The van der Waals surface area contributed by atoms with Gasteiger partial charge in [0.25, 0.3) is 0 Å². The topological polar surface area (TPSA) is 57.1 Å². The van der Waals surface area contributed by atoms with Crippen molar-refractivity contribution < 1.29 is 19.1 Å². The fraction of sp³-hybridized carbons (Fsp3) is 0.385. The molecule has 1 aliphatic carbocycles. The highest BCUT2D eigenvalue weighted by atomic mass is 16.7. The Morgan fingerprint density at radius 2 is 1.83 bits per heavy atom. The van der Waals surface area contributed by atoms with Gasteiger partial charge in [-0.05, 0) is 30.5 Å². The predicted molar refractivity (Wildman–Crippen MR) is 66.2 cm³/mol. The Morgan fingerprint density at radius 3 is 2.44 bits per heavy atom. The predicted octanol–water partition coefficient (Wildman–Crippen LogP) is 1.92. The van der Waals surface area contributed by atoms with Crippen LogP contribution in [0.2, 0.25) is 0 Å². The molecule has 0 atom stereocenters. The molecule has 0 N–H and O–H groups in total. The number of methoxy groups -OCH3 is 2. The number of benzene rings is 1. The monoisotopic (exact) mass is 249 g/mol. The van der Waals surface area contributed by atoms with Gasteiger partial charge >= 0.3 is 5.97 Å². The smallest absolute Gasteiger partial charge is 0.331 e. The molecule has 5 nitrogen and oxygen atoms in total. The van der Waals surface area contributed by atoms with Crippen LogP contribution in [0.1, 0.15) is 24.5 Å². The third kappa shape index (κ3) is 2.30. The van der Waals surface area contributed by atoms with Crippen molar-refractivity contribution in [2.24, 2.45) is 5.16 Å². The summed E-state index contributed by atoms with van der Waals surface area (Å²) in [6, 6.07) is 3.80. The van der Waals surface area contributed by atoms with E-state index in [1.54, 1.807) is 14.2 Å². The van der Waals surface area contributed by atoms with Crippen LogP contribution < -0.4 is 9.47 Å². The maximum Gasteiger partial charge on any atom is 0.331 e. The Bertz CT molecular complexity index is 508. The first-order chi connectivity index (χ1) is 8.65. The lowest BCUT2D eigenvalue weighted by Gasteiger charge is -2.09. The number of oxime groups is 1. The molecule has 0 aromatic heterocycles. The Balaban J connectivity index is 2.38. The Morgan fingerprint density at radius 1 is 1.17 bits per heavy atom. The second kappa shape index (κ2) is 5.08. The van der Waals surface area contributed by atoms with Crippen LogP contribution >= 0.6 is 0 Å². The lowest BCUT2D eigenvalue weighted by atomic mass is 10.1. The van der Waals surface area contributed by atoms with Crippen LogP contribution in [0.4, 0.5) is 0 Å². The van der Waals surface area contributed by atoms with E-state index in [-0.39, 0.29) is 0 Å². The lowest BCUT2D eigenvalue weighted by Crippen LogP contribution is -2.00. The second-order valence-corrected chi connectivity index (χ2v) is 3.99. The van der Waals surface area contributed by atoms with Gasteiger partial charge in [0, 0.05) is 12.5 Å². The Labute approximate surface area is 105 Å². The third-order valence-electron chi connectivity index (χ3n) is 2.84. The van der Waals surface area contributed by atoms with Crippen molar-refractivity contribution in [2.75, 3.05) is 14.2 Å². The average Bonchev–Trinajstić information content (AvgIpc) is 2.76. The molecule has 18 heavy (non-hydrogen) atoms. The number of nitrogens with zero attached hydrogens (tertiary/aromatic N) is 1.